The molecule has 144 valence electrons. The van der Waals surface area contributed by atoms with Gasteiger partial charge in [0.1, 0.15) is 5.75 Å². The maximum absolute atomic E-state index is 12.6. The van der Waals surface area contributed by atoms with Crippen molar-refractivity contribution >= 4 is 17.5 Å². The molecule has 3 aromatic rings. The quantitative estimate of drug-likeness (QED) is 0.663. The molecule has 0 bridgehead atoms. The topological polar surface area (TPSA) is 89.3 Å². The van der Waals surface area contributed by atoms with E-state index in [0.29, 0.717) is 28.1 Å². The minimum absolute atomic E-state index is 0.137. The molecule has 8 heteroatoms. The zero-order valence-corrected chi connectivity index (χ0v) is 15.8. The number of carbonyl (C=O) groups is 1. The molecule has 7 nitrogen and oxygen atoms in total. The van der Waals surface area contributed by atoms with Crippen molar-refractivity contribution in [3.05, 3.63) is 75.9 Å². The lowest BCUT2D eigenvalue weighted by molar-refractivity contribution is 0.0948. The van der Waals surface area contributed by atoms with Crippen LogP contribution in [-0.4, -0.2) is 22.6 Å². The summed E-state index contributed by atoms with van der Waals surface area (Å²) >= 11 is 5.84. The number of ether oxygens (including phenoxy) is 1. The summed E-state index contributed by atoms with van der Waals surface area (Å²) in [4.78, 5) is 16.8. The third-order valence-electron chi connectivity index (χ3n) is 4.48. The number of hydrogen-bond acceptors (Lipinski definition) is 6. The Balaban J connectivity index is 1.33. The number of benzene rings is 2. The number of rotatable bonds is 6. The number of aromatic nitrogens is 2. The van der Waals surface area contributed by atoms with E-state index >= 15 is 0 Å². The van der Waals surface area contributed by atoms with Gasteiger partial charge in [-0.1, -0.05) is 28.9 Å². The Morgan fingerprint density at radius 1 is 1.25 bits per heavy atom. The second-order valence-electron chi connectivity index (χ2n) is 6.40. The van der Waals surface area contributed by atoms with Crippen molar-refractivity contribution in [2.24, 2.45) is 0 Å². The molecule has 1 aliphatic rings. The highest BCUT2D eigenvalue weighted by atomic mass is 35.5. The highest BCUT2D eigenvalue weighted by Crippen LogP contribution is 2.19. The Bertz CT molecular complexity index is 972. The molecular formula is C20H19ClN4O3. The maximum Gasteiger partial charge on any atom is 0.264 e. The van der Waals surface area contributed by atoms with Crippen LogP contribution in [0.3, 0.4) is 0 Å². The highest BCUT2D eigenvalue weighted by Gasteiger charge is 2.17. The molecule has 0 unspecified atom stereocenters. The van der Waals surface area contributed by atoms with Crippen LogP contribution in [0.5, 0.6) is 5.75 Å². The van der Waals surface area contributed by atoms with Crippen LogP contribution in [0.25, 0.3) is 0 Å². The van der Waals surface area contributed by atoms with Crippen LogP contribution in [0.4, 0.5) is 0 Å². The SMILES string of the molecule is O=C(NCc1noc(COc2ccc(Cl)cc2)n1)c1cccc2c1CCNC2. The van der Waals surface area contributed by atoms with E-state index in [0.717, 1.165) is 25.1 Å². The standard InChI is InChI=1S/C20H19ClN4O3/c21-14-4-6-15(7-5-14)27-12-19-24-18(25-28-19)11-23-20(26)17-3-1-2-13-10-22-9-8-16(13)17/h1-7,22H,8-12H2,(H,23,26). The van der Waals surface area contributed by atoms with Gasteiger partial charge in [-0.15, -0.1) is 0 Å². The van der Waals surface area contributed by atoms with Gasteiger partial charge in [-0.25, -0.2) is 0 Å². The van der Waals surface area contributed by atoms with Crippen molar-refractivity contribution in [1.29, 1.82) is 0 Å². The predicted octanol–water partition coefficient (Wildman–Crippen LogP) is 2.88. The van der Waals surface area contributed by atoms with Crippen molar-refractivity contribution in [3.8, 4) is 5.75 Å². The summed E-state index contributed by atoms with van der Waals surface area (Å²) in [6.45, 7) is 1.99. The van der Waals surface area contributed by atoms with Gasteiger partial charge in [0.05, 0.1) is 6.54 Å². The Kier molecular flexibility index (Phi) is 5.55. The number of fused-ring (bicyclic) bond motifs is 1. The van der Waals surface area contributed by atoms with Gasteiger partial charge in [0.15, 0.2) is 12.4 Å². The number of amides is 1. The molecule has 1 aliphatic heterocycles. The second-order valence-corrected chi connectivity index (χ2v) is 6.84. The van der Waals surface area contributed by atoms with Gasteiger partial charge in [0.25, 0.3) is 11.8 Å². The molecule has 0 atom stereocenters. The predicted molar refractivity (Wildman–Crippen MR) is 103 cm³/mol. The summed E-state index contributed by atoms with van der Waals surface area (Å²) in [6, 6.07) is 12.8. The Hall–Kier alpha value is -2.90. The summed E-state index contributed by atoms with van der Waals surface area (Å²) in [5.41, 5.74) is 2.97. The Morgan fingerprint density at radius 3 is 2.96 bits per heavy atom. The molecule has 0 saturated carbocycles. The molecule has 28 heavy (non-hydrogen) atoms. The summed E-state index contributed by atoms with van der Waals surface area (Å²) in [5, 5.41) is 10.7. The number of nitrogens with zero attached hydrogens (tertiary/aromatic N) is 2. The smallest absolute Gasteiger partial charge is 0.264 e. The normalized spacial score (nSPS) is 13.0. The fourth-order valence-corrected chi connectivity index (χ4v) is 3.22. The molecule has 1 amide bonds. The van der Waals surface area contributed by atoms with Crippen LogP contribution in [0.1, 0.15) is 33.2 Å². The maximum atomic E-state index is 12.6. The molecule has 2 aromatic carbocycles. The molecule has 2 N–H and O–H groups in total. The molecule has 0 fully saturated rings. The monoisotopic (exact) mass is 398 g/mol. The fourth-order valence-electron chi connectivity index (χ4n) is 3.10. The van der Waals surface area contributed by atoms with Gasteiger partial charge >= 0.3 is 0 Å². The third-order valence-corrected chi connectivity index (χ3v) is 4.73. The van der Waals surface area contributed by atoms with Crippen LogP contribution in [0, 0.1) is 0 Å². The van der Waals surface area contributed by atoms with Crippen molar-refractivity contribution < 1.29 is 14.1 Å². The van der Waals surface area contributed by atoms with Gasteiger partial charge in [-0.2, -0.15) is 4.98 Å². The molecule has 0 aliphatic carbocycles. The van der Waals surface area contributed by atoms with Gasteiger partial charge in [-0.05, 0) is 54.4 Å². The first kappa shape index (κ1) is 18.5. The summed E-state index contributed by atoms with van der Waals surface area (Å²) in [5.74, 6) is 1.25. The molecule has 0 radical (unpaired) electrons. The lowest BCUT2D eigenvalue weighted by Crippen LogP contribution is -2.29. The zero-order chi connectivity index (χ0) is 19.3. The van der Waals surface area contributed by atoms with Crippen molar-refractivity contribution in [2.75, 3.05) is 6.54 Å². The average Bonchev–Trinajstić information content (AvgIpc) is 3.19. The number of carbonyl (C=O) groups excluding carboxylic acids is 1. The number of nitrogens with one attached hydrogen (secondary N) is 2. The Morgan fingerprint density at radius 2 is 2.11 bits per heavy atom. The van der Waals surface area contributed by atoms with E-state index in [-0.39, 0.29) is 19.1 Å². The minimum atomic E-state index is -0.137. The summed E-state index contributed by atoms with van der Waals surface area (Å²) in [6.07, 6.45) is 0.841. The van der Waals surface area contributed by atoms with Gasteiger partial charge in [0, 0.05) is 17.1 Å². The van der Waals surface area contributed by atoms with E-state index in [9.17, 15) is 4.79 Å². The molecular weight excluding hydrogens is 380 g/mol. The van der Waals surface area contributed by atoms with Crippen LogP contribution >= 0.6 is 11.6 Å². The highest BCUT2D eigenvalue weighted by molar-refractivity contribution is 6.30. The van der Waals surface area contributed by atoms with Crippen molar-refractivity contribution in [3.63, 3.8) is 0 Å². The lowest BCUT2D eigenvalue weighted by atomic mass is 9.95. The van der Waals surface area contributed by atoms with E-state index in [1.165, 1.54) is 5.56 Å². The van der Waals surface area contributed by atoms with Crippen molar-refractivity contribution in [2.45, 2.75) is 26.1 Å². The molecule has 0 spiro atoms. The average molecular weight is 399 g/mol. The van der Waals surface area contributed by atoms with Crippen LogP contribution in [0.2, 0.25) is 5.02 Å². The molecule has 1 aromatic heterocycles. The van der Waals surface area contributed by atoms with E-state index in [4.69, 9.17) is 20.9 Å². The second kappa shape index (κ2) is 8.41. The summed E-state index contributed by atoms with van der Waals surface area (Å²) in [7, 11) is 0. The van der Waals surface area contributed by atoms with Crippen LogP contribution in [-0.2, 0) is 26.1 Å². The number of halogens is 1. The minimum Gasteiger partial charge on any atom is -0.484 e. The van der Waals surface area contributed by atoms with E-state index in [1.54, 1.807) is 24.3 Å². The third kappa shape index (κ3) is 4.32. The van der Waals surface area contributed by atoms with Gasteiger partial charge in [-0.3, -0.25) is 4.79 Å². The number of hydrogen-bond donors (Lipinski definition) is 2. The van der Waals surface area contributed by atoms with Gasteiger partial charge in [0.2, 0.25) is 0 Å². The largest absolute Gasteiger partial charge is 0.484 e. The summed E-state index contributed by atoms with van der Waals surface area (Å²) < 4.78 is 10.7. The van der Waals surface area contributed by atoms with Crippen LogP contribution in [0.15, 0.2) is 47.0 Å². The zero-order valence-electron chi connectivity index (χ0n) is 15.1. The van der Waals surface area contributed by atoms with E-state index in [2.05, 4.69) is 20.8 Å². The van der Waals surface area contributed by atoms with E-state index in [1.807, 2.05) is 18.2 Å². The Labute approximate surface area is 167 Å². The first-order valence-corrected chi connectivity index (χ1v) is 9.36. The van der Waals surface area contributed by atoms with Gasteiger partial charge < -0.3 is 19.9 Å². The van der Waals surface area contributed by atoms with Crippen molar-refractivity contribution in [1.82, 2.24) is 20.8 Å². The van der Waals surface area contributed by atoms with Crippen LogP contribution < -0.4 is 15.4 Å². The first-order chi connectivity index (χ1) is 13.7. The van der Waals surface area contributed by atoms with E-state index < -0.39 is 0 Å². The molecule has 4 rings (SSSR count). The fraction of sp³-hybridized carbons (Fsp3) is 0.250. The lowest BCUT2D eigenvalue weighted by Gasteiger charge is -2.19. The first-order valence-electron chi connectivity index (χ1n) is 8.98. The molecule has 0 saturated heterocycles. The molecule has 2 heterocycles.